The van der Waals surface area contributed by atoms with Gasteiger partial charge in [0.05, 0.1) is 18.9 Å². The fraction of sp³-hybridized carbons (Fsp3) is 0.194. The summed E-state index contributed by atoms with van der Waals surface area (Å²) in [6.45, 7) is 10.9. The largest absolute Gasteiger partial charge is 4.00 e. The molecule has 0 aromatic heterocycles. The van der Waals surface area contributed by atoms with Crippen molar-refractivity contribution in [3.8, 4) is 0 Å². The molecule has 0 atom stereocenters. The van der Waals surface area contributed by atoms with Crippen molar-refractivity contribution in [1.82, 2.24) is 0 Å². The average molecular weight is 498 g/mol. The van der Waals surface area contributed by atoms with Crippen molar-refractivity contribution in [1.29, 1.82) is 0 Å². The van der Waals surface area contributed by atoms with Gasteiger partial charge in [-0.3, -0.25) is 6.08 Å². The first-order chi connectivity index (χ1) is 16.2. The predicted octanol–water partition coefficient (Wildman–Crippen LogP) is 6.54. The van der Waals surface area contributed by atoms with Gasteiger partial charge < -0.3 is 14.4 Å². The minimum Gasteiger partial charge on any atom is -0.376 e. The summed E-state index contributed by atoms with van der Waals surface area (Å²) < 4.78 is 0. The molecule has 0 aliphatic heterocycles. The number of hydrogen-bond donors (Lipinski definition) is 0. The molecule has 1 aliphatic carbocycles. The zero-order valence-corrected chi connectivity index (χ0v) is 22.4. The molecule has 3 aromatic rings. The van der Waals surface area contributed by atoms with E-state index in [1.807, 2.05) is 18.2 Å². The first-order valence-electron chi connectivity index (χ1n) is 10.8. The zero-order valence-electron chi connectivity index (χ0n) is 20.9. The van der Waals surface area contributed by atoms with Gasteiger partial charge in [0.25, 0.3) is 0 Å². The van der Waals surface area contributed by atoms with Crippen molar-refractivity contribution in [2.24, 2.45) is 5.41 Å². The second-order valence-electron chi connectivity index (χ2n) is 8.03. The normalized spacial score (nSPS) is 12.5. The molecule has 0 unspecified atom stereocenters. The van der Waals surface area contributed by atoms with Crippen LogP contribution in [0.2, 0.25) is 0 Å². The Labute approximate surface area is 224 Å². The summed E-state index contributed by atoms with van der Waals surface area (Å²) in [5.41, 5.74) is 6.21. The van der Waals surface area contributed by atoms with Crippen molar-refractivity contribution >= 4 is 18.9 Å². The van der Waals surface area contributed by atoms with E-state index in [0.29, 0.717) is 16.7 Å². The van der Waals surface area contributed by atoms with E-state index in [-0.39, 0.29) is 27.1 Å². The van der Waals surface area contributed by atoms with Gasteiger partial charge >= 0.3 is 21.7 Å². The Morgan fingerprint density at radius 2 is 0.857 bits per heavy atom. The number of hydrogen-bond acceptors (Lipinski definition) is 3. The van der Waals surface area contributed by atoms with Crippen LogP contribution in [0.15, 0.2) is 108 Å². The third kappa shape index (κ3) is 12.2. The number of allylic oxidation sites excluding steroid dienone is 4. The van der Waals surface area contributed by atoms with Crippen LogP contribution in [0, 0.1) is 11.5 Å². The Morgan fingerprint density at radius 1 is 0.571 bits per heavy atom. The number of rotatable bonds is 3. The Balaban J connectivity index is 0.000000438. The fourth-order valence-electron chi connectivity index (χ4n) is 2.92. The van der Waals surface area contributed by atoms with Crippen molar-refractivity contribution in [3.05, 3.63) is 130 Å². The summed E-state index contributed by atoms with van der Waals surface area (Å²) in [5.74, 6) is 0. The summed E-state index contributed by atoms with van der Waals surface area (Å²) >= 11 is 0. The molecule has 0 fully saturated rings. The van der Waals surface area contributed by atoms with E-state index in [0.717, 1.165) is 0 Å². The van der Waals surface area contributed by atoms with E-state index in [1.54, 1.807) is 91.7 Å². The Bertz CT molecular complexity index is 980. The first-order valence-corrected chi connectivity index (χ1v) is 10.8. The molecular weight excluding hydrogens is 468 g/mol. The molecule has 0 saturated carbocycles. The van der Waals surface area contributed by atoms with Gasteiger partial charge in [0.15, 0.2) is 0 Å². The number of carbonyl (C=O) groups excluding carboxylic acids is 3. The third-order valence-corrected chi connectivity index (χ3v) is 5.24. The fourth-order valence-corrected chi connectivity index (χ4v) is 2.92. The average Bonchev–Trinajstić information content (AvgIpc) is 3.07. The SMILES string of the molecule is CC1=[C-]C(C)(C)C(C)=C1C.O=[C-]c1ccccc1.O=[C-]c1ccccc1.O=[C-]c1ccccc1.[Ti+4]. The van der Waals surface area contributed by atoms with Crippen LogP contribution in [0.4, 0.5) is 0 Å². The molecule has 0 saturated heterocycles. The first kappa shape index (κ1) is 31.9. The van der Waals surface area contributed by atoms with Crippen LogP contribution < -0.4 is 0 Å². The predicted molar refractivity (Wildman–Crippen MR) is 138 cm³/mol. The van der Waals surface area contributed by atoms with Gasteiger partial charge in [-0.15, -0.1) is 43.3 Å². The van der Waals surface area contributed by atoms with Gasteiger partial charge in [0.1, 0.15) is 0 Å². The molecule has 0 heterocycles. The standard InChI is InChI=1S/C10H15.3C7H5O.Ti/c1-7-6-10(4,5)9(3)8(7)2;3*8-6-7-4-2-1-3-5-7;/h1-5H3;3*1-5H;/q4*-1;+4. The summed E-state index contributed by atoms with van der Waals surface area (Å²) in [5, 5.41) is 0. The van der Waals surface area contributed by atoms with Crippen LogP contribution in [0.5, 0.6) is 0 Å². The minimum absolute atomic E-state index is 0. The van der Waals surface area contributed by atoms with Crippen LogP contribution >= 0.6 is 0 Å². The molecule has 4 heteroatoms. The summed E-state index contributed by atoms with van der Waals surface area (Å²) in [4.78, 5) is 29.6. The van der Waals surface area contributed by atoms with Gasteiger partial charge in [-0.25, -0.2) is 5.57 Å². The van der Waals surface area contributed by atoms with Crippen LogP contribution in [-0.4, -0.2) is 18.9 Å². The van der Waals surface area contributed by atoms with Crippen molar-refractivity contribution < 1.29 is 36.1 Å². The van der Waals surface area contributed by atoms with Crippen LogP contribution in [0.1, 0.15) is 51.3 Å². The van der Waals surface area contributed by atoms with E-state index >= 15 is 0 Å². The van der Waals surface area contributed by atoms with Gasteiger partial charge in [-0.1, -0.05) is 51.3 Å². The Hall–Kier alpha value is -3.14. The smallest absolute Gasteiger partial charge is 0.376 e. The van der Waals surface area contributed by atoms with Crippen molar-refractivity contribution in [3.63, 3.8) is 0 Å². The van der Waals surface area contributed by atoms with Gasteiger partial charge in [-0.05, 0) is 0 Å². The molecule has 0 amide bonds. The molecule has 3 nitrogen and oxygen atoms in total. The molecule has 0 N–H and O–H groups in total. The van der Waals surface area contributed by atoms with E-state index in [2.05, 4.69) is 40.7 Å². The summed E-state index contributed by atoms with van der Waals surface area (Å²) in [7, 11) is 0. The topological polar surface area (TPSA) is 51.2 Å². The Kier molecular flexibility index (Phi) is 15.8. The molecule has 4 rings (SSSR count). The van der Waals surface area contributed by atoms with Gasteiger partial charge in [-0.2, -0.15) is 64.2 Å². The van der Waals surface area contributed by atoms with Crippen molar-refractivity contribution in [2.75, 3.05) is 0 Å². The van der Waals surface area contributed by atoms with E-state index in [1.165, 1.54) is 16.7 Å². The monoisotopic (exact) mass is 498 g/mol. The van der Waals surface area contributed by atoms with Crippen LogP contribution in [-0.2, 0) is 36.1 Å². The van der Waals surface area contributed by atoms with Gasteiger partial charge in [0.2, 0.25) is 0 Å². The maximum atomic E-state index is 9.88. The van der Waals surface area contributed by atoms with E-state index < -0.39 is 0 Å². The maximum Gasteiger partial charge on any atom is 4.00 e. The van der Waals surface area contributed by atoms with Crippen LogP contribution in [0.3, 0.4) is 0 Å². The summed E-state index contributed by atoms with van der Waals surface area (Å²) in [6.07, 6.45) is 8.77. The molecular formula is C31H30O3Ti. The molecule has 176 valence electrons. The van der Waals surface area contributed by atoms with E-state index in [9.17, 15) is 14.4 Å². The molecule has 1 aliphatic rings. The molecule has 3 aromatic carbocycles. The maximum absolute atomic E-state index is 9.88. The summed E-state index contributed by atoms with van der Waals surface area (Å²) in [6, 6.07) is 26.7. The Morgan fingerprint density at radius 3 is 0.971 bits per heavy atom. The van der Waals surface area contributed by atoms with Crippen LogP contribution in [0.25, 0.3) is 0 Å². The number of benzene rings is 3. The minimum atomic E-state index is 0. The molecule has 0 bridgehead atoms. The second-order valence-corrected chi connectivity index (χ2v) is 8.03. The quantitative estimate of drug-likeness (QED) is 0.304. The molecule has 35 heavy (non-hydrogen) atoms. The molecule has 0 radical (unpaired) electrons. The van der Waals surface area contributed by atoms with E-state index in [4.69, 9.17) is 0 Å². The van der Waals surface area contributed by atoms with Crippen molar-refractivity contribution in [2.45, 2.75) is 34.6 Å². The second kappa shape index (κ2) is 17.3. The molecule has 0 spiro atoms. The van der Waals surface area contributed by atoms with Gasteiger partial charge in [0, 0.05) is 0 Å². The zero-order chi connectivity index (χ0) is 25.4. The third-order valence-electron chi connectivity index (χ3n) is 5.24.